The van der Waals surface area contributed by atoms with E-state index in [0.29, 0.717) is 60.3 Å². The fourth-order valence-corrected chi connectivity index (χ4v) is 6.28. The van der Waals surface area contributed by atoms with Crippen LogP contribution in [0.5, 0.6) is 5.75 Å². The number of thiazole rings is 1. The van der Waals surface area contributed by atoms with Crippen LogP contribution in [-0.4, -0.2) is 22.5 Å². The van der Waals surface area contributed by atoms with Gasteiger partial charge in [0.25, 0.3) is 17.2 Å². The Bertz CT molecular complexity index is 2140. The molecule has 0 unspecified atom stereocenters. The van der Waals surface area contributed by atoms with Gasteiger partial charge in [0.2, 0.25) is 0 Å². The average Bonchev–Trinajstić information content (AvgIpc) is 3.60. The van der Waals surface area contributed by atoms with Crippen LogP contribution in [0, 0.1) is 17.0 Å². The molecule has 1 N–H and O–H groups in total. The normalized spacial score (nSPS) is 14.6. The third kappa shape index (κ3) is 5.25. The van der Waals surface area contributed by atoms with Crippen LogP contribution in [0.2, 0.25) is 0 Å². The number of carbonyl (C=O) groups is 1. The Kier molecular flexibility index (Phi) is 7.54. The third-order valence-electron chi connectivity index (χ3n) is 7.37. The van der Waals surface area contributed by atoms with Gasteiger partial charge in [0, 0.05) is 29.0 Å². The number of rotatable bonds is 7. The number of furan rings is 1. The lowest BCUT2D eigenvalue weighted by atomic mass is 9.95. The summed E-state index contributed by atoms with van der Waals surface area (Å²) in [6.07, 6.45) is 1.62. The fraction of sp³-hybridized carbons (Fsp3) is 0.121. The molecule has 0 saturated heterocycles. The van der Waals surface area contributed by atoms with Crippen LogP contribution in [0.25, 0.3) is 17.4 Å². The molecule has 11 heteroatoms. The van der Waals surface area contributed by atoms with E-state index in [1.807, 2.05) is 30.3 Å². The van der Waals surface area contributed by atoms with Crippen LogP contribution in [0.4, 0.5) is 11.4 Å². The van der Waals surface area contributed by atoms with E-state index in [4.69, 9.17) is 9.15 Å². The maximum absolute atomic E-state index is 14.0. The van der Waals surface area contributed by atoms with Crippen LogP contribution in [0.1, 0.15) is 29.9 Å². The van der Waals surface area contributed by atoms with Crippen molar-refractivity contribution in [3.8, 4) is 17.1 Å². The van der Waals surface area contributed by atoms with E-state index in [2.05, 4.69) is 10.3 Å². The highest BCUT2D eigenvalue weighted by molar-refractivity contribution is 7.07. The molecule has 0 bridgehead atoms. The number of nitro groups is 1. The monoisotopic (exact) mass is 606 g/mol. The molecular formula is C33H26N4O6S. The van der Waals surface area contributed by atoms with Crippen LogP contribution >= 0.6 is 11.3 Å². The second kappa shape index (κ2) is 11.6. The Morgan fingerprint density at radius 1 is 1.07 bits per heavy atom. The van der Waals surface area contributed by atoms with Crippen molar-refractivity contribution in [1.29, 1.82) is 0 Å². The molecule has 1 aliphatic heterocycles. The molecule has 0 radical (unpaired) electrons. The number of carbonyl (C=O) groups excluding carboxylic acids is 1. The number of benzene rings is 3. The number of ether oxygens (including phenoxy) is 1. The standard InChI is InChI=1S/C33H26N4O6S/c1-19-25(13-8-14-26(19)37(40)41)27-16-15-24(43-27)18-28-32(39)36-30(21-9-7-12-23(17-21)42-3)29(20(2)34-33(36)44-28)31(38)35-22-10-5-4-6-11-22/h4-18,30H,1-3H3,(H,35,38)/b28-18-/t30-/m1/s1. The van der Waals surface area contributed by atoms with Gasteiger partial charge in [-0.3, -0.25) is 24.3 Å². The van der Waals surface area contributed by atoms with Crippen molar-refractivity contribution >= 4 is 34.7 Å². The highest BCUT2D eigenvalue weighted by Crippen LogP contribution is 2.33. The summed E-state index contributed by atoms with van der Waals surface area (Å²) >= 11 is 1.18. The molecule has 220 valence electrons. The number of hydrogen-bond acceptors (Lipinski definition) is 8. The molecule has 3 aromatic carbocycles. The van der Waals surface area contributed by atoms with Crippen molar-refractivity contribution in [2.24, 2.45) is 4.99 Å². The number of allylic oxidation sites excluding steroid dienone is 1. The van der Waals surface area contributed by atoms with E-state index in [1.165, 1.54) is 22.0 Å². The molecule has 10 nitrogen and oxygen atoms in total. The molecule has 1 atom stereocenters. The summed E-state index contributed by atoms with van der Waals surface area (Å²) in [5.41, 5.74) is 2.84. The molecule has 1 aliphatic rings. The zero-order valence-corrected chi connectivity index (χ0v) is 24.8. The van der Waals surface area contributed by atoms with Crippen molar-refractivity contribution < 1.29 is 18.9 Å². The van der Waals surface area contributed by atoms with Crippen LogP contribution in [0.3, 0.4) is 0 Å². The first-order valence-corrected chi connectivity index (χ1v) is 14.4. The van der Waals surface area contributed by atoms with Gasteiger partial charge in [-0.25, -0.2) is 4.99 Å². The van der Waals surface area contributed by atoms with Gasteiger partial charge in [0.05, 0.1) is 33.9 Å². The molecule has 0 saturated carbocycles. The molecule has 44 heavy (non-hydrogen) atoms. The Hall–Kier alpha value is -5.55. The Labute approximate surface area is 255 Å². The number of amides is 1. The lowest BCUT2D eigenvalue weighted by Gasteiger charge is -2.25. The second-order valence-electron chi connectivity index (χ2n) is 10.1. The lowest BCUT2D eigenvalue weighted by Crippen LogP contribution is -2.40. The van der Waals surface area contributed by atoms with Crippen molar-refractivity contribution in [1.82, 2.24) is 4.57 Å². The number of methoxy groups -OCH3 is 1. The Morgan fingerprint density at radius 2 is 1.84 bits per heavy atom. The smallest absolute Gasteiger partial charge is 0.273 e. The molecular weight excluding hydrogens is 580 g/mol. The molecule has 5 aromatic rings. The minimum absolute atomic E-state index is 0.00576. The number of para-hydroxylation sites is 1. The molecule has 0 fully saturated rings. The van der Waals surface area contributed by atoms with Gasteiger partial charge >= 0.3 is 0 Å². The third-order valence-corrected chi connectivity index (χ3v) is 8.36. The maximum atomic E-state index is 14.0. The number of nitrogens with zero attached hydrogens (tertiary/aromatic N) is 3. The van der Waals surface area contributed by atoms with E-state index < -0.39 is 11.0 Å². The first kappa shape index (κ1) is 28.6. The van der Waals surface area contributed by atoms with Crippen molar-refractivity contribution in [3.63, 3.8) is 0 Å². The molecule has 1 amide bonds. The number of fused-ring (bicyclic) bond motifs is 1. The van der Waals surface area contributed by atoms with Gasteiger partial charge in [-0.05, 0) is 55.8 Å². The lowest BCUT2D eigenvalue weighted by molar-refractivity contribution is -0.385. The Balaban J connectivity index is 1.45. The van der Waals surface area contributed by atoms with Crippen LogP contribution < -0.4 is 24.9 Å². The molecule has 3 heterocycles. The molecule has 0 aliphatic carbocycles. The predicted molar refractivity (Wildman–Crippen MR) is 167 cm³/mol. The topological polar surface area (TPSA) is 129 Å². The van der Waals surface area contributed by atoms with Gasteiger partial charge < -0.3 is 14.5 Å². The first-order chi connectivity index (χ1) is 21.2. The summed E-state index contributed by atoms with van der Waals surface area (Å²) in [4.78, 5) is 43.8. The minimum Gasteiger partial charge on any atom is -0.497 e. The largest absolute Gasteiger partial charge is 0.497 e. The highest BCUT2D eigenvalue weighted by Gasteiger charge is 2.33. The van der Waals surface area contributed by atoms with Gasteiger partial charge in [0.15, 0.2) is 4.80 Å². The van der Waals surface area contributed by atoms with E-state index in [0.717, 1.165) is 0 Å². The van der Waals surface area contributed by atoms with Gasteiger partial charge in [0.1, 0.15) is 17.3 Å². The Morgan fingerprint density at radius 3 is 2.59 bits per heavy atom. The summed E-state index contributed by atoms with van der Waals surface area (Å²) in [6.45, 7) is 3.42. The SMILES string of the molecule is COc1cccc([C@@H]2C(C(=O)Nc3ccccc3)=C(C)N=c3s/c(=C\c4ccc(-c5cccc([N+](=O)[O-])c5C)o4)c(=O)n32)c1. The number of hydrogen-bond donors (Lipinski definition) is 1. The van der Waals surface area contributed by atoms with E-state index in [1.54, 1.807) is 75.6 Å². The van der Waals surface area contributed by atoms with Gasteiger partial charge in [-0.2, -0.15) is 0 Å². The summed E-state index contributed by atoms with van der Waals surface area (Å²) in [5, 5.41) is 14.4. The van der Waals surface area contributed by atoms with Crippen molar-refractivity contribution in [2.45, 2.75) is 19.9 Å². The maximum Gasteiger partial charge on any atom is 0.273 e. The zero-order valence-electron chi connectivity index (χ0n) is 23.9. The summed E-state index contributed by atoms with van der Waals surface area (Å²) < 4.78 is 13.3. The molecule has 6 rings (SSSR count). The predicted octanol–water partition coefficient (Wildman–Crippen LogP) is 5.36. The summed E-state index contributed by atoms with van der Waals surface area (Å²) in [6, 6.07) is 23.8. The van der Waals surface area contributed by atoms with E-state index in [9.17, 15) is 19.7 Å². The van der Waals surface area contributed by atoms with Gasteiger partial charge in [-0.1, -0.05) is 53.8 Å². The first-order valence-electron chi connectivity index (χ1n) is 13.6. The molecule has 0 spiro atoms. The van der Waals surface area contributed by atoms with Crippen LogP contribution in [0.15, 0.2) is 110 Å². The number of nitro benzene ring substituents is 1. The minimum atomic E-state index is -0.771. The van der Waals surface area contributed by atoms with E-state index in [-0.39, 0.29) is 17.2 Å². The fourth-order valence-electron chi connectivity index (χ4n) is 5.25. The van der Waals surface area contributed by atoms with Crippen molar-refractivity contribution in [3.05, 3.63) is 143 Å². The van der Waals surface area contributed by atoms with Gasteiger partial charge in [-0.15, -0.1) is 0 Å². The quantitative estimate of drug-likeness (QED) is 0.196. The van der Waals surface area contributed by atoms with Crippen LogP contribution in [-0.2, 0) is 4.79 Å². The number of anilines is 1. The highest BCUT2D eigenvalue weighted by atomic mass is 32.1. The number of nitrogens with one attached hydrogen (secondary N) is 1. The zero-order chi connectivity index (χ0) is 31.0. The summed E-state index contributed by atoms with van der Waals surface area (Å²) in [7, 11) is 1.56. The van der Waals surface area contributed by atoms with Crippen molar-refractivity contribution in [2.75, 3.05) is 12.4 Å². The summed E-state index contributed by atoms with van der Waals surface area (Å²) in [5.74, 6) is 1.05. The molecule has 2 aromatic heterocycles. The number of aromatic nitrogens is 1. The average molecular weight is 607 g/mol. The van der Waals surface area contributed by atoms with E-state index >= 15 is 0 Å². The second-order valence-corrected chi connectivity index (χ2v) is 11.1.